The molecule has 9 nitrogen and oxygen atoms in total. The molecule has 0 radical (unpaired) electrons. The Bertz CT molecular complexity index is 806. The molecule has 2 aromatic carbocycles. The Kier molecular flexibility index (Phi) is 5.88. The molecule has 0 spiro atoms. The number of carbonyl (C=O) groups excluding carboxylic acids is 1. The summed E-state index contributed by atoms with van der Waals surface area (Å²) in [5, 5.41) is 14.2. The fraction of sp³-hybridized carbons (Fsp3) is 0.125. The monoisotopic (exact) mass is 345 g/mol. The maximum Gasteiger partial charge on any atom is 0.372 e. The molecule has 25 heavy (non-hydrogen) atoms. The fourth-order valence-corrected chi connectivity index (χ4v) is 1.79. The lowest BCUT2D eigenvalue weighted by atomic mass is 10.2. The molecule has 0 saturated heterocycles. The van der Waals surface area contributed by atoms with Gasteiger partial charge in [0.25, 0.3) is 5.69 Å². The van der Waals surface area contributed by atoms with E-state index in [1.807, 2.05) is 0 Å². The van der Waals surface area contributed by atoms with E-state index in [0.717, 1.165) is 0 Å². The molecule has 0 aromatic heterocycles. The molecule has 2 N–H and O–H groups in total. The van der Waals surface area contributed by atoms with E-state index < -0.39 is 10.9 Å². The number of nitro groups is 1. The third-order valence-electron chi connectivity index (χ3n) is 3.00. The van der Waals surface area contributed by atoms with Crippen molar-refractivity contribution in [3.63, 3.8) is 0 Å². The second-order valence-corrected chi connectivity index (χ2v) is 4.71. The molecule has 0 atom stereocenters. The molecule has 0 heterocycles. The number of ether oxygens (including phenoxy) is 2. The summed E-state index contributed by atoms with van der Waals surface area (Å²) in [5.74, 6) is 0.0559. The molecule has 0 saturated carbocycles. The molecular weight excluding hydrogens is 330 g/mol. The van der Waals surface area contributed by atoms with Crippen molar-refractivity contribution in [2.75, 3.05) is 13.7 Å². The lowest BCUT2D eigenvalue weighted by Crippen LogP contribution is -2.18. The summed E-state index contributed by atoms with van der Waals surface area (Å²) in [6, 6.07) is 12.2. The van der Waals surface area contributed by atoms with E-state index in [-0.39, 0.29) is 23.7 Å². The van der Waals surface area contributed by atoms with Gasteiger partial charge < -0.3 is 20.0 Å². The highest BCUT2D eigenvalue weighted by Crippen LogP contribution is 2.18. The van der Waals surface area contributed by atoms with Crippen LogP contribution in [0.15, 0.2) is 53.7 Å². The van der Waals surface area contributed by atoms with Crippen LogP contribution in [0.2, 0.25) is 0 Å². The van der Waals surface area contributed by atoms with E-state index in [0.29, 0.717) is 11.5 Å². The summed E-state index contributed by atoms with van der Waals surface area (Å²) in [6.45, 7) is -0.390. The van der Waals surface area contributed by atoms with E-state index >= 15 is 0 Å². The van der Waals surface area contributed by atoms with Crippen molar-refractivity contribution in [2.24, 2.45) is 10.9 Å². The Morgan fingerprint density at radius 2 is 1.92 bits per heavy atom. The number of amidine groups is 1. The number of hydrogen-bond donors (Lipinski definition) is 1. The number of carbonyl (C=O) groups is 1. The fourth-order valence-electron chi connectivity index (χ4n) is 1.79. The maximum atomic E-state index is 11.6. The minimum absolute atomic E-state index is 0.150. The second kappa shape index (κ2) is 8.29. The highest BCUT2D eigenvalue weighted by molar-refractivity contribution is 5.97. The molecule has 0 fully saturated rings. The predicted octanol–water partition coefficient (Wildman–Crippen LogP) is 1.85. The largest absolute Gasteiger partial charge is 0.497 e. The van der Waals surface area contributed by atoms with Crippen molar-refractivity contribution in [3.05, 3.63) is 64.2 Å². The third-order valence-corrected chi connectivity index (χ3v) is 3.00. The quantitative estimate of drug-likeness (QED) is 0.267. The van der Waals surface area contributed by atoms with E-state index in [9.17, 15) is 14.9 Å². The Hall–Kier alpha value is -3.62. The van der Waals surface area contributed by atoms with Crippen LogP contribution >= 0.6 is 0 Å². The normalized spacial score (nSPS) is 10.8. The van der Waals surface area contributed by atoms with Gasteiger partial charge in [-0.25, -0.2) is 4.79 Å². The van der Waals surface area contributed by atoms with Crippen LogP contribution in [0.4, 0.5) is 5.69 Å². The van der Waals surface area contributed by atoms with Gasteiger partial charge in [-0.3, -0.25) is 10.1 Å². The number of non-ortho nitro benzene ring substituents is 1. The van der Waals surface area contributed by atoms with Gasteiger partial charge in [-0.15, -0.1) is 0 Å². The van der Waals surface area contributed by atoms with Crippen molar-refractivity contribution in [1.82, 2.24) is 0 Å². The molecule has 2 rings (SSSR count). The van der Waals surface area contributed by atoms with Gasteiger partial charge in [0.2, 0.25) is 0 Å². The molecule has 9 heteroatoms. The lowest BCUT2D eigenvalue weighted by molar-refractivity contribution is -0.384. The smallest absolute Gasteiger partial charge is 0.372 e. The van der Waals surface area contributed by atoms with E-state index in [1.54, 1.807) is 24.3 Å². The van der Waals surface area contributed by atoms with E-state index in [4.69, 9.17) is 15.2 Å². The van der Waals surface area contributed by atoms with Crippen LogP contribution in [0.5, 0.6) is 11.5 Å². The molecule has 2 aromatic rings. The molecule has 0 aliphatic carbocycles. The number of hydrogen-bond acceptors (Lipinski definition) is 7. The van der Waals surface area contributed by atoms with Crippen LogP contribution in [-0.4, -0.2) is 30.4 Å². The van der Waals surface area contributed by atoms with Crippen LogP contribution in [-0.2, 0) is 9.63 Å². The number of oxime groups is 1. The zero-order chi connectivity index (χ0) is 18.2. The lowest BCUT2D eigenvalue weighted by Gasteiger charge is -2.06. The van der Waals surface area contributed by atoms with Crippen molar-refractivity contribution < 1.29 is 24.0 Å². The summed E-state index contributed by atoms with van der Waals surface area (Å²) in [6.07, 6.45) is 0. The predicted molar refractivity (Wildman–Crippen MR) is 88.4 cm³/mol. The first kappa shape index (κ1) is 17.7. The van der Waals surface area contributed by atoms with Crippen LogP contribution in [0, 0.1) is 10.1 Å². The molecule has 130 valence electrons. The van der Waals surface area contributed by atoms with Crippen LogP contribution in [0.1, 0.15) is 5.56 Å². The van der Waals surface area contributed by atoms with Crippen molar-refractivity contribution >= 4 is 17.5 Å². The number of nitrogens with zero attached hydrogens (tertiary/aromatic N) is 2. The van der Waals surface area contributed by atoms with Crippen molar-refractivity contribution in [3.8, 4) is 11.5 Å². The number of nitro benzene ring substituents is 1. The first-order valence-corrected chi connectivity index (χ1v) is 7.04. The van der Waals surface area contributed by atoms with Gasteiger partial charge in [-0.2, -0.15) is 0 Å². The molecule has 0 bridgehead atoms. The molecule has 0 aliphatic rings. The van der Waals surface area contributed by atoms with Crippen molar-refractivity contribution in [1.29, 1.82) is 0 Å². The van der Waals surface area contributed by atoms with Gasteiger partial charge in [-0.05, 0) is 12.1 Å². The van der Waals surface area contributed by atoms with E-state index in [1.165, 1.54) is 31.4 Å². The molecule has 0 aliphatic heterocycles. The van der Waals surface area contributed by atoms with Gasteiger partial charge in [-0.1, -0.05) is 23.4 Å². The third kappa shape index (κ3) is 5.20. The Balaban J connectivity index is 1.92. The second-order valence-electron chi connectivity index (χ2n) is 4.71. The van der Waals surface area contributed by atoms with Gasteiger partial charge in [0.1, 0.15) is 11.5 Å². The zero-order valence-electron chi connectivity index (χ0n) is 13.2. The minimum atomic E-state index is -0.781. The Labute approximate surface area is 142 Å². The minimum Gasteiger partial charge on any atom is -0.497 e. The molecular formula is C16H15N3O6. The van der Waals surface area contributed by atoms with Gasteiger partial charge in [0.15, 0.2) is 12.4 Å². The first-order chi connectivity index (χ1) is 12.0. The Morgan fingerprint density at radius 3 is 2.64 bits per heavy atom. The van der Waals surface area contributed by atoms with Gasteiger partial charge >= 0.3 is 5.97 Å². The summed E-state index contributed by atoms with van der Waals surface area (Å²) in [4.78, 5) is 26.4. The summed E-state index contributed by atoms with van der Waals surface area (Å²) in [5.41, 5.74) is 5.76. The number of nitrogens with two attached hydrogens (primary N) is 1. The van der Waals surface area contributed by atoms with Crippen LogP contribution < -0.4 is 15.2 Å². The van der Waals surface area contributed by atoms with Gasteiger partial charge in [0, 0.05) is 23.8 Å². The molecule has 0 amide bonds. The summed E-state index contributed by atoms with van der Waals surface area (Å²) in [7, 11) is 1.51. The number of rotatable bonds is 7. The van der Waals surface area contributed by atoms with Gasteiger partial charge in [0.05, 0.1) is 12.0 Å². The van der Waals surface area contributed by atoms with Crippen molar-refractivity contribution in [2.45, 2.75) is 0 Å². The zero-order valence-corrected chi connectivity index (χ0v) is 13.2. The Morgan fingerprint density at radius 1 is 1.20 bits per heavy atom. The SMILES string of the molecule is COc1cccc(OCC(=O)O/N=C(\N)c2cccc([N+](=O)[O-])c2)c1. The topological polar surface area (TPSA) is 126 Å². The van der Waals surface area contributed by atoms with Crippen LogP contribution in [0.25, 0.3) is 0 Å². The average molecular weight is 345 g/mol. The maximum absolute atomic E-state index is 11.6. The number of benzene rings is 2. The summed E-state index contributed by atoms with van der Waals surface area (Å²) < 4.78 is 10.3. The average Bonchev–Trinajstić information content (AvgIpc) is 2.64. The highest BCUT2D eigenvalue weighted by atomic mass is 16.7. The number of methoxy groups -OCH3 is 1. The first-order valence-electron chi connectivity index (χ1n) is 7.04. The highest BCUT2D eigenvalue weighted by Gasteiger charge is 2.10. The standard InChI is InChI=1S/C16H15N3O6/c1-23-13-6-3-7-14(9-13)24-10-15(20)25-18-16(17)11-4-2-5-12(8-11)19(21)22/h2-9H,10H2,1H3,(H2,17,18). The van der Waals surface area contributed by atoms with Crippen LogP contribution in [0.3, 0.4) is 0 Å². The summed E-state index contributed by atoms with van der Waals surface area (Å²) >= 11 is 0. The molecule has 0 unspecified atom stereocenters. The van der Waals surface area contributed by atoms with E-state index in [2.05, 4.69) is 9.99 Å².